The first-order valence-electron chi connectivity index (χ1n) is 9.01. The van der Waals surface area contributed by atoms with E-state index in [9.17, 15) is 4.79 Å². The van der Waals surface area contributed by atoms with E-state index in [1.54, 1.807) is 11.8 Å². The molecule has 2 aromatic rings. The zero-order chi connectivity index (χ0) is 18.4. The van der Waals surface area contributed by atoms with E-state index in [0.717, 1.165) is 34.4 Å². The molecule has 1 amide bonds. The molecule has 0 spiro atoms. The van der Waals surface area contributed by atoms with Gasteiger partial charge in [-0.05, 0) is 23.8 Å². The van der Waals surface area contributed by atoms with Gasteiger partial charge in [-0.25, -0.2) is 0 Å². The highest BCUT2D eigenvalue weighted by molar-refractivity contribution is 8.16. The minimum absolute atomic E-state index is 0.0625. The molecule has 0 aromatic heterocycles. The highest BCUT2D eigenvalue weighted by atomic mass is 32.2. The van der Waals surface area contributed by atoms with E-state index < -0.39 is 0 Å². The molecule has 3 heterocycles. The summed E-state index contributed by atoms with van der Waals surface area (Å²) >= 11 is 1.68. The first kappa shape index (κ1) is 16.4. The Labute approximate surface area is 162 Å². The zero-order valence-electron chi connectivity index (χ0n) is 14.9. The Kier molecular flexibility index (Phi) is 3.93. The van der Waals surface area contributed by atoms with Crippen molar-refractivity contribution in [2.75, 3.05) is 18.5 Å². The minimum atomic E-state index is -0.0625. The van der Waals surface area contributed by atoms with Gasteiger partial charge in [-0.15, -0.1) is 0 Å². The van der Waals surface area contributed by atoms with Crippen LogP contribution in [0.4, 0.5) is 5.69 Å². The highest BCUT2D eigenvalue weighted by Crippen LogP contribution is 2.45. The van der Waals surface area contributed by atoms with Crippen LogP contribution in [0.15, 0.2) is 58.9 Å². The molecule has 3 aliphatic rings. The van der Waals surface area contributed by atoms with Crippen LogP contribution >= 0.6 is 11.8 Å². The Morgan fingerprint density at radius 3 is 2.85 bits per heavy atom. The van der Waals surface area contributed by atoms with Crippen molar-refractivity contribution in [2.45, 2.75) is 13.0 Å². The van der Waals surface area contributed by atoms with Crippen LogP contribution in [0.25, 0.3) is 5.70 Å². The molecule has 0 unspecified atom stereocenters. The number of thioether (sulfide) groups is 1. The quantitative estimate of drug-likeness (QED) is 0.856. The largest absolute Gasteiger partial charge is 0.493 e. The molecular weight excluding hydrogens is 358 g/mol. The molecular formula is C21H19N3O2S. The molecule has 0 aliphatic carbocycles. The summed E-state index contributed by atoms with van der Waals surface area (Å²) in [5, 5.41) is 6.02. The maximum atomic E-state index is 11.2. The van der Waals surface area contributed by atoms with E-state index in [1.807, 2.05) is 36.4 Å². The molecule has 0 radical (unpaired) electrons. The number of amides is 1. The van der Waals surface area contributed by atoms with Gasteiger partial charge in [0.1, 0.15) is 5.75 Å². The molecule has 0 saturated carbocycles. The lowest BCUT2D eigenvalue weighted by atomic mass is 9.89. The maximum absolute atomic E-state index is 11.2. The lowest BCUT2D eigenvalue weighted by Gasteiger charge is -2.39. The van der Waals surface area contributed by atoms with E-state index in [-0.39, 0.29) is 11.9 Å². The van der Waals surface area contributed by atoms with Gasteiger partial charge >= 0.3 is 0 Å². The Bertz CT molecular complexity index is 968. The summed E-state index contributed by atoms with van der Waals surface area (Å²) in [6, 6.07) is 16.3. The number of ether oxygens (including phenoxy) is 1. The molecule has 0 bridgehead atoms. The van der Waals surface area contributed by atoms with Crippen LogP contribution in [0.1, 0.15) is 24.1 Å². The standard InChI is InChI=1S/C21H19N3O2S/c1-13(25)22-16-8-6-14(7-9-16)18-12-27-21-23-20-15(10-24(18)21)11-26-19-5-3-2-4-17(19)20/h2-9,12,15,20H,10-11H2,1H3,(H,22,25)/t15-,20+/m0/s1. The predicted octanol–water partition coefficient (Wildman–Crippen LogP) is 4.11. The normalized spacial score (nSPS) is 22.6. The summed E-state index contributed by atoms with van der Waals surface area (Å²) in [5.74, 6) is 1.23. The number of fused-ring (bicyclic) bond motifs is 4. The van der Waals surface area contributed by atoms with Gasteiger partial charge < -0.3 is 15.0 Å². The molecule has 0 saturated heterocycles. The van der Waals surface area contributed by atoms with Crippen molar-refractivity contribution in [3.8, 4) is 5.75 Å². The van der Waals surface area contributed by atoms with Crippen LogP contribution in [0.3, 0.4) is 0 Å². The summed E-state index contributed by atoms with van der Waals surface area (Å²) in [5.41, 5.74) is 4.28. The molecule has 27 heavy (non-hydrogen) atoms. The second-order valence-corrected chi connectivity index (χ2v) is 7.79. The number of nitrogens with zero attached hydrogens (tertiary/aromatic N) is 2. The Hall–Kier alpha value is -2.73. The van der Waals surface area contributed by atoms with Gasteiger partial charge in [0.2, 0.25) is 5.91 Å². The molecule has 2 aromatic carbocycles. The van der Waals surface area contributed by atoms with Crippen molar-refractivity contribution in [3.63, 3.8) is 0 Å². The third kappa shape index (κ3) is 2.90. The molecule has 6 heteroatoms. The second kappa shape index (κ2) is 6.46. The maximum Gasteiger partial charge on any atom is 0.221 e. The number of hydrogen-bond acceptors (Lipinski definition) is 5. The van der Waals surface area contributed by atoms with Gasteiger partial charge in [0, 0.05) is 36.0 Å². The number of aliphatic imine (C=N–C) groups is 1. The molecule has 5 nitrogen and oxygen atoms in total. The van der Waals surface area contributed by atoms with Crippen molar-refractivity contribution < 1.29 is 9.53 Å². The van der Waals surface area contributed by atoms with Gasteiger partial charge in [0.05, 0.1) is 18.3 Å². The van der Waals surface area contributed by atoms with Crippen LogP contribution in [-0.2, 0) is 4.79 Å². The summed E-state index contributed by atoms with van der Waals surface area (Å²) in [7, 11) is 0. The molecule has 3 aliphatic heterocycles. The van der Waals surface area contributed by atoms with E-state index in [0.29, 0.717) is 12.5 Å². The number of carbonyl (C=O) groups is 1. The summed E-state index contributed by atoms with van der Waals surface area (Å²) in [4.78, 5) is 18.5. The fourth-order valence-corrected chi connectivity index (χ4v) is 4.80. The lowest BCUT2D eigenvalue weighted by molar-refractivity contribution is -0.114. The van der Waals surface area contributed by atoms with Crippen molar-refractivity contribution in [1.82, 2.24) is 4.90 Å². The predicted molar refractivity (Wildman–Crippen MR) is 109 cm³/mol. The summed E-state index contributed by atoms with van der Waals surface area (Å²) in [6.07, 6.45) is 0. The average Bonchev–Trinajstić information content (AvgIpc) is 3.09. The van der Waals surface area contributed by atoms with Gasteiger partial charge in [-0.2, -0.15) is 0 Å². The average molecular weight is 377 g/mol. The van der Waals surface area contributed by atoms with Gasteiger partial charge in [-0.3, -0.25) is 9.79 Å². The molecule has 1 N–H and O–H groups in total. The number of hydrogen-bond donors (Lipinski definition) is 1. The SMILES string of the molecule is CC(=O)Nc1ccc(C2=CSC3=N[C@H]4c5ccccc5OC[C@@H]4CN23)cc1. The fourth-order valence-electron chi connectivity index (χ4n) is 3.85. The number of nitrogens with one attached hydrogen (secondary N) is 1. The second-order valence-electron chi connectivity index (χ2n) is 6.96. The Morgan fingerprint density at radius 2 is 2.04 bits per heavy atom. The number of rotatable bonds is 2. The summed E-state index contributed by atoms with van der Waals surface area (Å²) < 4.78 is 5.97. The van der Waals surface area contributed by atoms with Crippen molar-refractivity contribution in [2.24, 2.45) is 10.9 Å². The van der Waals surface area contributed by atoms with E-state index in [2.05, 4.69) is 27.8 Å². The molecule has 2 atom stereocenters. The Morgan fingerprint density at radius 1 is 1.22 bits per heavy atom. The topological polar surface area (TPSA) is 53.9 Å². The van der Waals surface area contributed by atoms with Crippen molar-refractivity contribution >= 4 is 34.2 Å². The van der Waals surface area contributed by atoms with Crippen molar-refractivity contribution in [3.05, 3.63) is 65.1 Å². The van der Waals surface area contributed by atoms with E-state index in [4.69, 9.17) is 9.73 Å². The smallest absolute Gasteiger partial charge is 0.221 e. The third-order valence-corrected chi connectivity index (χ3v) is 5.98. The van der Waals surface area contributed by atoms with Gasteiger partial charge in [-0.1, -0.05) is 42.1 Å². The molecule has 136 valence electrons. The Balaban J connectivity index is 1.42. The van der Waals surface area contributed by atoms with Crippen LogP contribution in [0.5, 0.6) is 5.75 Å². The first-order valence-corrected chi connectivity index (χ1v) is 9.89. The highest BCUT2D eigenvalue weighted by Gasteiger charge is 2.39. The number of anilines is 1. The monoisotopic (exact) mass is 377 g/mol. The lowest BCUT2D eigenvalue weighted by Crippen LogP contribution is -2.41. The number of para-hydroxylation sites is 1. The van der Waals surface area contributed by atoms with Crippen LogP contribution in [0.2, 0.25) is 0 Å². The third-order valence-electron chi connectivity index (χ3n) is 5.10. The van der Waals surface area contributed by atoms with Gasteiger partial charge in [0.15, 0.2) is 5.17 Å². The minimum Gasteiger partial charge on any atom is -0.493 e. The number of benzene rings is 2. The van der Waals surface area contributed by atoms with Crippen molar-refractivity contribution in [1.29, 1.82) is 0 Å². The number of amidine groups is 1. The number of carbonyl (C=O) groups excluding carboxylic acids is 1. The molecule has 0 fully saturated rings. The molecule has 5 rings (SSSR count). The zero-order valence-corrected chi connectivity index (χ0v) is 15.7. The van der Waals surface area contributed by atoms with Gasteiger partial charge in [0.25, 0.3) is 0 Å². The van der Waals surface area contributed by atoms with E-state index in [1.165, 1.54) is 12.5 Å². The summed E-state index contributed by atoms with van der Waals surface area (Å²) in [6.45, 7) is 3.10. The van der Waals surface area contributed by atoms with Crippen LogP contribution < -0.4 is 10.1 Å². The van der Waals surface area contributed by atoms with Crippen LogP contribution in [0, 0.1) is 5.92 Å². The first-order chi connectivity index (χ1) is 13.2. The van der Waals surface area contributed by atoms with E-state index >= 15 is 0 Å². The fraction of sp³-hybridized carbons (Fsp3) is 0.238. The van der Waals surface area contributed by atoms with Crippen LogP contribution in [-0.4, -0.2) is 29.1 Å².